The molecule has 0 unspecified atom stereocenters. The first-order valence-corrected chi connectivity index (χ1v) is 8.24. The third kappa shape index (κ3) is 4.29. The molecule has 130 valence electrons. The fourth-order valence-electron chi connectivity index (χ4n) is 2.27. The molecule has 0 saturated heterocycles. The zero-order valence-corrected chi connectivity index (χ0v) is 14.6. The summed E-state index contributed by atoms with van der Waals surface area (Å²) in [5.41, 5.74) is 0.898. The van der Waals surface area contributed by atoms with Crippen LogP contribution in [0, 0.1) is 17.6 Å². The van der Waals surface area contributed by atoms with Crippen molar-refractivity contribution in [2.24, 2.45) is 5.92 Å². The van der Waals surface area contributed by atoms with Gasteiger partial charge in [-0.1, -0.05) is 19.9 Å². The number of nitrogens with zero attached hydrogens (tertiary/aromatic N) is 1. The van der Waals surface area contributed by atoms with Crippen molar-refractivity contribution in [2.45, 2.75) is 40.3 Å². The molecule has 0 aliphatic rings. The summed E-state index contributed by atoms with van der Waals surface area (Å²) in [5.74, 6) is -0.00976. The van der Waals surface area contributed by atoms with Crippen LogP contribution in [0.2, 0.25) is 0 Å². The topological polar surface area (TPSA) is 34.1 Å². The van der Waals surface area contributed by atoms with Gasteiger partial charge in [-0.2, -0.15) is 0 Å². The van der Waals surface area contributed by atoms with E-state index in [9.17, 15) is 8.78 Å². The lowest BCUT2D eigenvalue weighted by Crippen LogP contribution is -2.30. The lowest BCUT2D eigenvalue weighted by atomic mass is 10.1. The van der Waals surface area contributed by atoms with Gasteiger partial charge in [0.15, 0.2) is 0 Å². The average molecular weight is 334 g/mol. The number of halogens is 2. The van der Waals surface area contributed by atoms with Gasteiger partial charge in [0, 0.05) is 12.6 Å². The van der Waals surface area contributed by atoms with E-state index in [0.717, 1.165) is 0 Å². The molecule has 0 aliphatic heterocycles. The Balaban J connectivity index is 2.35. The summed E-state index contributed by atoms with van der Waals surface area (Å²) < 4.78 is 33.8. The number of ether oxygens (including phenoxy) is 1. The fraction of sp³-hybridized carbons (Fsp3) is 0.421. The van der Waals surface area contributed by atoms with E-state index >= 15 is 0 Å². The minimum Gasteiger partial charge on any atom is -0.493 e. The molecule has 0 fully saturated rings. The minimum atomic E-state index is -0.436. The molecule has 1 N–H and O–H groups in total. The predicted molar refractivity (Wildman–Crippen MR) is 91.9 cm³/mol. The SMILES string of the molecule is CCOc1cccc(F)c1-c1ccc(F)c(CN[C@H](C)C(C)C)n1. The number of benzene rings is 1. The van der Waals surface area contributed by atoms with Crippen molar-refractivity contribution < 1.29 is 13.5 Å². The van der Waals surface area contributed by atoms with Gasteiger partial charge < -0.3 is 10.1 Å². The normalized spacial score (nSPS) is 12.5. The molecular formula is C19H24F2N2O. The van der Waals surface area contributed by atoms with E-state index in [1.54, 1.807) is 12.1 Å². The largest absolute Gasteiger partial charge is 0.493 e. The highest BCUT2D eigenvalue weighted by molar-refractivity contribution is 5.68. The molecule has 2 rings (SSSR count). The Kier molecular flexibility index (Phi) is 6.26. The number of hydrogen-bond donors (Lipinski definition) is 1. The summed E-state index contributed by atoms with van der Waals surface area (Å²) in [6.07, 6.45) is 0. The summed E-state index contributed by atoms with van der Waals surface area (Å²) in [6.45, 7) is 8.75. The minimum absolute atomic E-state index is 0.224. The van der Waals surface area contributed by atoms with Crippen molar-refractivity contribution in [1.82, 2.24) is 10.3 Å². The number of rotatable bonds is 7. The van der Waals surface area contributed by atoms with Crippen molar-refractivity contribution in [1.29, 1.82) is 0 Å². The zero-order valence-electron chi connectivity index (χ0n) is 14.6. The van der Waals surface area contributed by atoms with Gasteiger partial charge in [-0.05, 0) is 44.0 Å². The standard InChI is InChI=1S/C19H24F2N2O/c1-5-24-18-8-6-7-15(21)19(18)16-10-9-14(20)17(23-16)11-22-13(4)12(2)3/h6-10,12-13,22H,5,11H2,1-4H3/t13-/m1/s1. The van der Waals surface area contributed by atoms with Gasteiger partial charge in [0.2, 0.25) is 0 Å². The molecular weight excluding hydrogens is 310 g/mol. The second-order valence-electron chi connectivity index (χ2n) is 6.08. The Labute approximate surface area is 142 Å². The van der Waals surface area contributed by atoms with Gasteiger partial charge in [0.1, 0.15) is 17.4 Å². The first-order chi connectivity index (χ1) is 11.4. The van der Waals surface area contributed by atoms with Crippen molar-refractivity contribution in [2.75, 3.05) is 6.61 Å². The van der Waals surface area contributed by atoms with E-state index in [-0.39, 0.29) is 23.8 Å². The van der Waals surface area contributed by atoms with Crippen LogP contribution in [0.15, 0.2) is 30.3 Å². The van der Waals surface area contributed by atoms with Crippen LogP contribution < -0.4 is 10.1 Å². The Morgan fingerprint density at radius 2 is 1.83 bits per heavy atom. The second-order valence-corrected chi connectivity index (χ2v) is 6.08. The highest BCUT2D eigenvalue weighted by atomic mass is 19.1. The van der Waals surface area contributed by atoms with Gasteiger partial charge in [-0.3, -0.25) is 0 Å². The van der Waals surface area contributed by atoms with Gasteiger partial charge in [-0.15, -0.1) is 0 Å². The predicted octanol–water partition coefficient (Wildman–Crippen LogP) is 4.56. The van der Waals surface area contributed by atoms with Crippen LogP contribution in [0.1, 0.15) is 33.4 Å². The molecule has 0 aliphatic carbocycles. The zero-order chi connectivity index (χ0) is 17.7. The Morgan fingerprint density at radius 1 is 1.08 bits per heavy atom. The molecule has 1 atom stereocenters. The highest BCUT2D eigenvalue weighted by Crippen LogP contribution is 2.32. The van der Waals surface area contributed by atoms with Crippen LogP contribution in [0.5, 0.6) is 5.75 Å². The number of hydrogen-bond acceptors (Lipinski definition) is 3. The molecule has 0 amide bonds. The van der Waals surface area contributed by atoms with Crippen molar-refractivity contribution in [3.8, 4) is 17.0 Å². The van der Waals surface area contributed by atoms with Crippen molar-refractivity contribution in [3.63, 3.8) is 0 Å². The van der Waals surface area contributed by atoms with E-state index in [0.29, 0.717) is 24.0 Å². The molecule has 24 heavy (non-hydrogen) atoms. The molecule has 0 spiro atoms. The monoisotopic (exact) mass is 334 g/mol. The van der Waals surface area contributed by atoms with E-state index in [1.165, 1.54) is 18.2 Å². The Hall–Kier alpha value is -2.01. The van der Waals surface area contributed by atoms with Crippen LogP contribution in [-0.2, 0) is 6.54 Å². The summed E-state index contributed by atoms with van der Waals surface area (Å²) in [5, 5.41) is 3.24. The van der Waals surface area contributed by atoms with E-state index in [2.05, 4.69) is 24.1 Å². The average Bonchev–Trinajstić information content (AvgIpc) is 2.54. The number of aromatic nitrogens is 1. The summed E-state index contributed by atoms with van der Waals surface area (Å²) in [7, 11) is 0. The molecule has 5 heteroatoms. The van der Waals surface area contributed by atoms with Crippen LogP contribution >= 0.6 is 0 Å². The molecule has 0 radical (unpaired) electrons. The fourth-order valence-corrected chi connectivity index (χ4v) is 2.27. The van der Waals surface area contributed by atoms with E-state index in [1.807, 2.05) is 13.8 Å². The third-order valence-corrected chi connectivity index (χ3v) is 4.04. The molecule has 2 aromatic rings. The quantitative estimate of drug-likeness (QED) is 0.806. The van der Waals surface area contributed by atoms with Crippen LogP contribution in [0.4, 0.5) is 8.78 Å². The molecule has 0 bridgehead atoms. The van der Waals surface area contributed by atoms with Gasteiger partial charge >= 0.3 is 0 Å². The Bertz CT molecular complexity index is 689. The summed E-state index contributed by atoms with van der Waals surface area (Å²) in [4.78, 5) is 4.32. The maximum atomic E-state index is 14.3. The van der Waals surface area contributed by atoms with E-state index < -0.39 is 11.6 Å². The lowest BCUT2D eigenvalue weighted by Gasteiger charge is -2.18. The second kappa shape index (κ2) is 8.20. The third-order valence-electron chi connectivity index (χ3n) is 4.04. The van der Waals surface area contributed by atoms with E-state index in [4.69, 9.17) is 4.74 Å². The molecule has 1 aromatic carbocycles. The Morgan fingerprint density at radius 3 is 2.50 bits per heavy atom. The van der Waals surface area contributed by atoms with Gasteiger partial charge in [0.05, 0.1) is 23.6 Å². The maximum absolute atomic E-state index is 14.3. The van der Waals surface area contributed by atoms with Crippen molar-refractivity contribution >= 4 is 0 Å². The first kappa shape index (κ1) is 18.3. The smallest absolute Gasteiger partial charge is 0.146 e. The summed E-state index contributed by atoms with van der Waals surface area (Å²) in [6, 6.07) is 7.64. The van der Waals surface area contributed by atoms with Crippen LogP contribution in [-0.4, -0.2) is 17.6 Å². The summed E-state index contributed by atoms with van der Waals surface area (Å²) >= 11 is 0. The molecule has 1 heterocycles. The molecule has 1 aromatic heterocycles. The maximum Gasteiger partial charge on any atom is 0.146 e. The number of nitrogens with one attached hydrogen (secondary N) is 1. The molecule has 0 saturated carbocycles. The first-order valence-electron chi connectivity index (χ1n) is 8.24. The van der Waals surface area contributed by atoms with Crippen LogP contribution in [0.3, 0.4) is 0 Å². The van der Waals surface area contributed by atoms with Gasteiger partial charge in [-0.25, -0.2) is 13.8 Å². The highest BCUT2D eigenvalue weighted by Gasteiger charge is 2.16. The molecule has 3 nitrogen and oxygen atoms in total. The van der Waals surface area contributed by atoms with Crippen molar-refractivity contribution in [3.05, 3.63) is 47.7 Å². The van der Waals surface area contributed by atoms with Gasteiger partial charge in [0.25, 0.3) is 0 Å². The number of pyridine rings is 1. The lowest BCUT2D eigenvalue weighted by molar-refractivity contribution is 0.340. The van der Waals surface area contributed by atoms with Crippen LogP contribution in [0.25, 0.3) is 11.3 Å².